The highest BCUT2D eigenvalue weighted by atomic mass is 15.0. The van der Waals surface area contributed by atoms with Gasteiger partial charge >= 0.3 is 0 Å². The number of rotatable bonds is 0. The van der Waals surface area contributed by atoms with Gasteiger partial charge in [0.25, 0.3) is 0 Å². The Kier molecular flexibility index (Phi) is 1.86. The van der Waals surface area contributed by atoms with Crippen LogP contribution in [0.2, 0.25) is 0 Å². The van der Waals surface area contributed by atoms with Crippen molar-refractivity contribution in [2.75, 3.05) is 0 Å². The summed E-state index contributed by atoms with van der Waals surface area (Å²) in [7, 11) is 0. The first-order chi connectivity index (χ1) is 9.40. The van der Waals surface area contributed by atoms with Crippen LogP contribution in [-0.4, -0.2) is 14.4 Å². The Hall–Kier alpha value is -2.93. The van der Waals surface area contributed by atoms with Crippen LogP contribution in [-0.2, 0) is 0 Å². The molecule has 4 heteroatoms. The van der Waals surface area contributed by atoms with E-state index in [1.807, 2.05) is 40.8 Å². The van der Waals surface area contributed by atoms with Crippen LogP contribution in [0.3, 0.4) is 0 Å². The highest BCUT2D eigenvalue weighted by Gasteiger charge is 2.14. The van der Waals surface area contributed by atoms with Crippen LogP contribution in [0.4, 0.5) is 0 Å². The van der Waals surface area contributed by atoms with Crippen molar-refractivity contribution >= 4 is 27.6 Å². The maximum absolute atomic E-state index is 9.36. The third kappa shape index (κ3) is 1.21. The zero-order chi connectivity index (χ0) is 12.8. The van der Waals surface area contributed by atoms with E-state index in [1.54, 1.807) is 12.4 Å². The summed E-state index contributed by atoms with van der Waals surface area (Å²) in [5.74, 6) is 0. The third-order valence-electron chi connectivity index (χ3n) is 3.33. The molecule has 0 fully saturated rings. The molecule has 0 spiro atoms. The zero-order valence-electron chi connectivity index (χ0n) is 9.91. The molecule has 0 saturated heterocycles. The van der Waals surface area contributed by atoms with E-state index in [1.165, 1.54) is 0 Å². The highest BCUT2D eigenvalue weighted by Crippen LogP contribution is 2.27. The first-order valence-corrected chi connectivity index (χ1v) is 5.93. The highest BCUT2D eigenvalue weighted by molar-refractivity contribution is 5.96. The molecule has 0 aliphatic carbocycles. The minimum absolute atomic E-state index is 0.578. The normalized spacial score (nSPS) is 11.1. The van der Waals surface area contributed by atoms with Crippen LogP contribution >= 0.6 is 0 Å². The second-order valence-corrected chi connectivity index (χ2v) is 4.33. The van der Waals surface area contributed by atoms with Gasteiger partial charge in [-0.05, 0) is 17.5 Å². The number of para-hydroxylation sites is 1. The maximum Gasteiger partial charge on any atom is 0.165 e. The lowest BCUT2D eigenvalue weighted by molar-refractivity contribution is 1.21. The predicted octanol–water partition coefficient (Wildman–Crippen LogP) is 2.91. The standard InChI is InChI=1S/C15H8N4/c16-9-11-13-6-5-10-3-1-2-4-12(10)19(13)15-14(11)17-7-8-18-15/h1-8H. The number of nitriles is 1. The van der Waals surface area contributed by atoms with Gasteiger partial charge in [-0.3, -0.25) is 4.40 Å². The van der Waals surface area contributed by atoms with E-state index in [0.717, 1.165) is 22.1 Å². The van der Waals surface area contributed by atoms with Gasteiger partial charge in [0, 0.05) is 12.4 Å². The van der Waals surface area contributed by atoms with Gasteiger partial charge in [0.2, 0.25) is 0 Å². The number of aromatic nitrogens is 3. The molecule has 3 heterocycles. The fourth-order valence-electron chi connectivity index (χ4n) is 2.53. The Balaban J connectivity index is 2.42. The molecule has 0 unspecified atom stereocenters. The smallest absolute Gasteiger partial charge is 0.165 e. The van der Waals surface area contributed by atoms with Crippen molar-refractivity contribution in [2.45, 2.75) is 0 Å². The lowest BCUT2D eigenvalue weighted by atomic mass is 10.2. The first-order valence-electron chi connectivity index (χ1n) is 5.93. The molecule has 0 aliphatic heterocycles. The van der Waals surface area contributed by atoms with E-state index in [4.69, 9.17) is 0 Å². The van der Waals surface area contributed by atoms with Crippen molar-refractivity contribution in [3.63, 3.8) is 0 Å². The molecule has 0 atom stereocenters. The second kappa shape index (κ2) is 3.53. The van der Waals surface area contributed by atoms with E-state index in [-0.39, 0.29) is 0 Å². The summed E-state index contributed by atoms with van der Waals surface area (Å²) < 4.78 is 2.00. The SMILES string of the molecule is N#Cc1c2nccnc2n2c1ccc1ccccc12. The van der Waals surface area contributed by atoms with E-state index in [2.05, 4.69) is 16.0 Å². The van der Waals surface area contributed by atoms with Gasteiger partial charge in [0.1, 0.15) is 17.1 Å². The Morgan fingerprint density at radius 2 is 1.79 bits per heavy atom. The molecule has 3 aromatic heterocycles. The summed E-state index contributed by atoms with van der Waals surface area (Å²) in [4.78, 5) is 8.67. The van der Waals surface area contributed by atoms with Crippen molar-refractivity contribution in [3.8, 4) is 6.07 Å². The largest absolute Gasteiger partial charge is 0.291 e. The van der Waals surface area contributed by atoms with Crippen molar-refractivity contribution in [1.82, 2.24) is 14.4 Å². The number of pyridine rings is 1. The Morgan fingerprint density at radius 1 is 0.947 bits per heavy atom. The van der Waals surface area contributed by atoms with Gasteiger partial charge in [-0.1, -0.05) is 24.3 Å². The number of hydrogen-bond acceptors (Lipinski definition) is 3. The number of benzene rings is 1. The monoisotopic (exact) mass is 244 g/mol. The number of nitrogens with zero attached hydrogens (tertiary/aromatic N) is 4. The third-order valence-corrected chi connectivity index (χ3v) is 3.33. The van der Waals surface area contributed by atoms with Crippen molar-refractivity contribution < 1.29 is 0 Å². The fraction of sp³-hybridized carbons (Fsp3) is 0. The summed E-state index contributed by atoms with van der Waals surface area (Å²) in [6.45, 7) is 0. The van der Waals surface area contributed by atoms with Crippen molar-refractivity contribution in [3.05, 3.63) is 54.4 Å². The summed E-state index contributed by atoms with van der Waals surface area (Å²) in [6, 6.07) is 14.3. The van der Waals surface area contributed by atoms with Crippen LogP contribution in [0.25, 0.3) is 27.6 Å². The number of hydrogen-bond donors (Lipinski definition) is 0. The van der Waals surface area contributed by atoms with E-state index in [0.29, 0.717) is 11.1 Å². The molecule has 0 saturated carbocycles. The lowest BCUT2D eigenvalue weighted by Gasteiger charge is -2.02. The fourth-order valence-corrected chi connectivity index (χ4v) is 2.53. The quantitative estimate of drug-likeness (QED) is 0.478. The van der Waals surface area contributed by atoms with Crippen LogP contribution in [0.1, 0.15) is 5.56 Å². The molecule has 0 bridgehead atoms. The van der Waals surface area contributed by atoms with Crippen LogP contribution in [0.5, 0.6) is 0 Å². The van der Waals surface area contributed by atoms with Crippen molar-refractivity contribution in [1.29, 1.82) is 5.26 Å². The lowest BCUT2D eigenvalue weighted by Crippen LogP contribution is -1.89. The molecule has 4 nitrogen and oxygen atoms in total. The van der Waals surface area contributed by atoms with Gasteiger partial charge in [-0.25, -0.2) is 9.97 Å². The van der Waals surface area contributed by atoms with Crippen molar-refractivity contribution in [2.24, 2.45) is 0 Å². The maximum atomic E-state index is 9.36. The van der Waals surface area contributed by atoms with E-state index < -0.39 is 0 Å². The molecule has 4 rings (SSSR count). The average molecular weight is 244 g/mol. The zero-order valence-corrected chi connectivity index (χ0v) is 9.91. The minimum Gasteiger partial charge on any atom is -0.291 e. The molecular formula is C15H8N4. The van der Waals surface area contributed by atoms with E-state index >= 15 is 0 Å². The first kappa shape index (κ1) is 10.0. The summed E-state index contributed by atoms with van der Waals surface area (Å²) in [6.07, 6.45) is 3.27. The molecule has 0 amide bonds. The van der Waals surface area contributed by atoms with Gasteiger partial charge in [0.05, 0.1) is 11.0 Å². The second-order valence-electron chi connectivity index (χ2n) is 4.33. The molecule has 88 valence electrons. The molecule has 0 N–H and O–H groups in total. The van der Waals surface area contributed by atoms with Gasteiger partial charge in [0.15, 0.2) is 5.65 Å². The minimum atomic E-state index is 0.578. The topological polar surface area (TPSA) is 54.0 Å². The Morgan fingerprint density at radius 3 is 2.68 bits per heavy atom. The van der Waals surface area contributed by atoms with Gasteiger partial charge in [-0.15, -0.1) is 0 Å². The summed E-state index contributed by atoms with van der Waals surface area (Å²) >= 11 is 0. The molecule has 19 heavy (non-hydrogen) atoms. The van der Waals surface area contributed by atoms with Crippen LogP contribution < -0.4 is 0 Å². The van der Waals surface area contributed by atoms with Crippen LogP contribution in [0.15, 0.2) is 48.8 Å². The molecule has 1 aromatic carbocycles. The summed E-state index contributed by atoms with van der Waals surface area (Å²) in [5.41, 5.74) is 3.84. The van der Waals surface area contributed by atoms with Gasteiger partial charge < -0.3 is 0 Å². The number of fused-ring (bicyclic) bond motifs is 5. The Labute approximate surface area is 108 Å². The molecule has 0 aliphatic rings. The van der Waals surface area contributed by atoms with Crippen LogP contribution in [0, 0.1) is 11.3 Å². The molecule has 4 aromatic rings. The predicted molar refractivity (Wildman–Crippen MR) is 72.7 cm³/mol. The summed E-state index contributed by atoms with van der Waals surface area (Å²) in [5, 5.41) is 10.5. The van der Waals surface area contributed by atoms with Gasteiger partial charge in [-0.2, -0.15) is 5.26 Å². The Bertz CT molecular complexity index is 976. The molecule has 0 radical (unpaired) electrons. The molecular weight excluding hydrogens is 236 g/mol. The van der Waals surface area contributed by atoms with E-state index in [9.17, 15) is 5.26 Å². The average Bonchev–Trinajstić information content (AvgIpc) is 2.81.